The van der Waals surface area contributed by atoms with Crippen molar-refractivity contribution in [1.29, 1.82) is 0 Å². The summed E-state index contributed by atoms with van der Waals surface area (Å²) in [6.07, 6.45) is 20.1. The van der Waals surface area contributed by atoms with Crippen molar-refractivity contribution in [3.63, 3.8) is 0 Å². The molecule has 0 N–H and O–H groups in total. The van der Waals surface area contributed by atoms with Crippen molar-refractivity contribution in [1.82, 2.24) is 0 Å². The Morgan fingerprint density at radius 3 is 1.57 bits per heavy atom. The summed E-state index contributed by atoms with van der Waals surface area (Å²) < 4.78 is 0. The maximum absolute atomic E-state index is 2.64. The Balaban J connectivity index is 0.000000160. The van der Waals surface area contributed by atoms with Crippen LogP contribution in [-0.2, 0) is 0 Å². The van der Waals surface area contributed by atoms with Crippen LogP contribution in [0, 0.1) is 98.1 Å². The first-order chi connectivity index (χ1) is 18.6. The fourth-order valence-corrected chi connectivity index (χ4v) is 14.2. The van der Waals surface area contributed by atoms with Crippen LogP contribution >= 0.6 is 0 Å². The Bertz CT molecular complexity index is 978. The molecule has 0 aromatic heterocycles. The van der Waals surface area contributed by atoms with Gasteiger partial charge in [0.2, 0.25) is 0 Å². The fraction of sp³-hybridized carbons (Fsp3) is 1.00. The van der Waals surface area contributed by atoms with Gasteiger partial charge >= 0.3 is 0 Å². The number of hydrogen-bond donors (Lipinski definition) is 0. The molecule has 0 spiro atoms. The third-order valence-corrected chi connectivity index (χ3v) is 17.7. The highest BCUT2D eigenvalue weighted by molar-refractivity contribution is 5.12. The first-order valence-electron chi connectivity index (χ1n) is 18.6. The molecule has 0 nitrogen and oxygen atoms in total. The Kier molecular flexibility index (Phi) is 8.35. The Morgan fingerprint density at radius 2 is 1.05 bits per heavy atom. The highest BCUT2D eigenvalue weighted by Gasteiger charge is 2.63. The summed E-state index contributed by atoms with van der Waals surface area (Å²) >= 11 is 0. The van der Waals surface area contributed by atoms with Gasteiger partial charge in [0.25, 0.3) is 0 Å². The van der Waals surface area contributed by atoms with Crippen molar-refractivity contribution < 1.29 is 0 Å². The number of fused-ring (bicyclic) bond motifs is 6. The first kappa shape index (κ1) is 33.4. The Hall–Kier alpha value is 0. The summed E-state index contributed by atoms with van der Waals surface area (Å²) in [5.41, 5.74) is 3.33. The molecule has 0 heteroatoms. The maximum atomic E-state index is 2.64. The van der Waals surface area contributed by atoms with Crippen molar-refractivity contribution in [3.05, 3.63) is 0 Å². The minimum atomic E-state index is 0. The Morgan fingerprint density at radius 1 is 0.524 bits per heavy atom. The van der Waals surface area contributed by atoms with E-state index in [0.717, 1.165) is 71.0 Å². The summed E-state index contributed by atoms with van der Waals surface area (Å²) in [7, 11) is 0. The SMILES string of the molecule is C.C.CC1(CC2C3CCC(C3)C2(C)C)CCC2C(C1)C2(C)C.CC1CC2C(CC1CC1C3CCC(C3)C1(C)C)C2(C)C. The van der Waals surface area contributed by atoms with E-state index in [1.54, 1.807) is 44.9 Å². The zero-order chi connectivity index (χ0) is 28.6. The van der Waals surface area contributed by atoms with E-state index in [1.807, 2.05) is 0 Å². The predicted octanol–water partition coefficient (Wildman–Crippen LogP) is 13.0. The van der Waals surface area contributed by atoms with E-state index in [-0.39, 0.29) is 14.9 Å². The standard InChI is InChI=1S/2C20H34.2CH4/c1-12-8-17-18(20(17,4)5)11-14(12)10-16-13-6-7-15(9-13)19(16,2)3;1-18(2)14-7-6-13(10-14)16(18)11-20(5)9-8-15-17(12-20)19(15,3)4;;/h12-18H,6-11H2,1-5H3;13-17H,6-12H2,1-5H3;2*1H4. The van der Waals surface area contributed by atoms with Crippen molar-refractivity contribution in [2.24, 2.45) is 98.1 Å². The summed E-state index contributed by atoms with van der Waals surface area (Å²) in [4.78, 5) is 0. The predicted molar refractivity (Wildman–Crippen MR) is 184 cm³/mol. The van der Waals surface area contributed by atoms with Gasteiger partial charge in [-0.3, -0.25) is 0 Å². The lowest BCUT2D eigenvalue weighted by Gasteiger charge is -2.44. The van der Waals surface area contributed by atoms with E-state index in [2.05, 4.69) is 69.2 Å². The molecule has 8 aliphatic carbocycles. The molecule has 0 aromatic rings. The van der Waals surface area contributed by atoms with Gasteiger partial charge in [0.15, 0.2) is 0 Å². The molecular weight excluding hydrogens is 504 g/mol. The van der Waals surface area contributed by atoms with Crippen molar-refractivity contribution in [2.45, 2.75) is 168 Å². The zero-order valence-electron chi connectivity index (χ0n) is 28.6. The molecule has 8 aliphatic rings. The average molecular weight is 581 g/mol. The molecule has 244 valence electrons. The van der Waals surface area contributed by atoms with Gasteiger partial charge in [0.1, 0.15) is 0 Å². The van der Waals surface area contributed by atoms with Gasteiger partial charge in [-0.2, -0.15) is 0 Å². The van der Waals surface area contributed by atoms with Gasteiger partial charge in [-0.15, -0.1) is 0 Å². The minimum Gasteiger partial charge on any atom is -0.0776 e. The largest absolute Gasteiger partial charge is 0.0776 e. The van der Waals surface area contributed by atoms with Crippen LogP contribution in [0.4, 0.5) is 0 Å². The van der Waals surface area contributed by atoms with Gasteiger partial charge in [-0.25, -0.2) is 0 Å². The second-order valence-corrected chi connectivity index (χ2v) is 20.7. The molecular formula is C42H76. The maximum Gasteiger partial charge on any atom is -0.0292 e. The summed E-state index contributed by atoms with van der Waals surface area (Å²) in [5, 5.41) is 0. The van der Waals surface area contributed by atoms with E-state index >= 15 is 0 Å². The number of hydrogen-bond acceptors (Lipinski definition) is 0. The first-order valence-corrected chi connectivity index (χ1v) is 18.6. The monoisotopic (exact) mass is 581 g/mol. The molecule has 8 saturated carbocycles. The molecule has 13 atom stereocenters. The number of rotatable bonds is 4. The molecule has 42 heavy (non-hydrogen) atoms. The van der Waals surface area contributed by atoms with E-state index in [9.17, 15) is 0 Å². The highest BCUT2D eigenvalue weighted by atomic mass is 14.7. The van der Waals surface area contributed by atoms with Crippen LogP contribution in [0.3, 0.4) is 0 Å². The van der Waals surface area contributed by atoms with Gasteiger partial charge in [-0.1, -0.05) is 84.1 Å². The topological polar surface area (TPSA) is 0 Å². The smallest absolute Gasteiger partial charge is 0.0292 e. The molecule has 0 radical (unpaired) electrons. The minimum absolute atomic E-state index is 0. The van der Waals surface area contributed by atoms with Crippen molar-refractivity contribution >= 4 is 0 Å². The van der Waals surface area contributed by atoms with E-state index in [4.69, 9.17) is 0 Å². The lowest BCUT2D eigenvalue weighted by molar-refractivity contribution is 0.0521. The molecule has 4 bridgehead atoms. The van der Waals surface area contributed by atoms with Gasteiger partial charge in [0, 0.05) is 0 Å². The van der Waals surface area contributed by atoms with Crippen LogP contribution in [0.15, 0.2) is 0 Å². The molecule has 0 amide bonds. The Labute approximate surface area is 265 Å². The third kappa shape index (κ3) is 5.03. The normalized spacial score (nSPS) is 52.1. The fourth-order valence-electron chi connectivity index (χ4n) is 14.2. The summed E-state index contributed by atoms with van der Waals surface area (Å²) in [5.74, 6) is 12.7. The van der Waals surface area contributed by atoms with E-state index in [1.165, 1.54) is 38.5 Å². The second-order valence-electron chi connectivity index (χ2n) is 20.7. The molecule has 13 unspecified atom stereocenters. The molecule has 0 aliphatic heterocycles. The van der Waals surface area contributed by atoms with Gasteiger partial charge in [-0.05, 0) is 182 Å². The van der Waals surface area contributed by atoms with Crippen molar-refractivity contribution in [3.8, 4) is 0 Å². The lowest BCUT2D eigenvalue weighted by atomic mass is 9.61. The quantitative estimate of drug-likeness (QED) is 0.310. The highest BCUT2D eigenvalue weighted by Crippen LogP contribution is 2.71. The second kappa shape index (κ2) is 10.5. The lowest BCUT2D eigenvalue weighted by Crippen LogP contribution is -2.36. The summed E-state index contributed by atoms with van der Waals surface area (Å²) in [6.45, 7) is 25.7. The van der Waals surface area contributed by atoms with Crippen LogP contribution in [-0.4, -0.2) is 0 Å². The van der Waals surface area contributed by atoms with E-state index in [0.29, 0.717) is 27.1 Å². The van der Waals surface area contributed by atoms with Gasteiger partial charge < -0.3 is 0 Å². The third-order valence-electron chi connectivity index (χ3n) is 17.7. The summed E-state index contributed by atoms with van der Waals surface area (Å²) in [6, 6.07) is 0. The zero-order valence-corrected chi connectivity index (χ0v) is 28.6. The average Bonchev–Trinajstić information content (AvgIpc) is 3.34. The molecule has 0 heterocycles. The molecule has 8 fully saturated rings. The molecule has 0 aromatic carbocycles. The van der Waals surface area contributed by atoms with Crippen LogP contribution < -0.4 is 0 Å². The van der Waals surface area contributed by atoms with E-state index < -0.39 is 0 Å². The molecule has 0 saturated heterocycles. The van der Waals surface area contributed by atoms with Gasteiger partial charge in [0.05, 0.1) is 0 Å². The van der Waals surface area contributed by atoms with Crippen LogP contribution in [0.25, 0.3) is 0 Å². The van der Waals surface area contributed by atoms with Crippen LogP contribution in [0.2, 0.25) is 0 Å². The van der Waals surface area contributed by atoms with Crippen LogP contribution in [0.5, 0.6) is 0 Å². The van der Waals surface area contributed by atoms with Crippen LogP contribution in [0.1, 0.15) is 168 Å². The molecule has 8 rings (SSSR count). The van der Waals surface area contributed by atoms with Crippen molar-refractivity contribution in [2.75, 3.05) is 0 Å².